The lowest BCUT2D eigenvalue weighted by Crippen LogP contribution is -2.34. The van der Waals surface area contributed by atoms with E-state index >= 15 is 0 Å². The predicted octanol–water partition coefficient (Wildman–Crippen LogP) is 2.93. The number of aryl methyl sites for hydroxylation is 1. The maximum Gasteiger partial charge on any atom is 0.308 e. The number of nitrogens with zero attached hydrogens (tertiary/aromatic N) is 1. The molecule has 1 N–H and O–H groups in total. The second-order valence-electron chi connectivity index (χ2n) is 7.90. The first-order chi connectivity index (χ1) is 14.4. The Bertz CT molecular complexity index is 1040. The molecular weight excluding hydrogens is 384 g/mol. The highest BCUT2D eigenvalue weighted by Crippen LogP contribution is 2.35. The standard InChI is InChI=1S/C23H24N2O5/c1-13-20(17-9-5-6-10-18(17)24-13)21(27)14(2)30-19(26)11-12-25-22(28)15-7-3-4-8-16(15)23(25)29/h3-6,9-10,14-16,24H,7-8,11-12H2,1-2H3/t14-,15-,16+/m1/s1. The van der Waals surface area contributed by atoms with Crippen LogP contribution >= 0.6 is 0 Å². The Morgan fingerprint density at radius 2 is 1.77 bits per heavy atom. The average Bonchev–Trinajstić information content (AvgIpc) is 3.19. The van der Waals surface area contributed by atoms with Gasteiger partial charge in [0.15, 0.2) is 6.10 Å². The number of benzene rings is 1. The molecule has 1 fully saturated rings. The Kier molecular flexibility index (Phi) is 5.28. The van der Waals surface area contributed by atoms with Gasteiger partial charge < -0.3 is 9.72 Å². The summed E-state index contributed by atoms with van der Waals surface area (Å²) in [6, 6.07) is 7.45. The number of ether oxygens (including phenoxy) is 1. The zero-order valence-corrected chi connectivity index (χ0v) is 17.0. The van der Waals surface area contributed by atoms with Crippen LogP contribution in [-0.4, -0.2) is 46.1 Å². The fourth-order valence-corrected chi connectivity index (χ4v) is 4.40. The van der Waals surface area contributed by atoms with E-state index in [0.29, 0.717) is 24.1 Å². The molecule has 1 aromatic carbocycles. The second-order valence-corrected chi connectivity index (χ2v) is 7.90. The summed E-state index contributed by atoms with van der Waals surface area (Å²) >= 11 is 0. The van der Waals surface area contributed by atoms with Crippen LogP contribution in [0.15, 0.2) is 36.4 Å². The number of nitrogens with one attached hydrogen (secondary N) is 1. The number of imide groups is 1. The molecular formula is C23H24N2O5. The molecule has 2 heterocycles. The van der Waals surface area contributed by atoms with E-state index in [-0.39, 0.29) is 42.4 Å². The van der Waals surface area contributed by atoms with Gasteiger partial charge >= 0.3 is 5.97 Å². The fourth-order valence-electron chi connectivity index (χ4n) is 4.40. The summed E-state index contributed by atoms with van der Waals surface area (Å²) in [4.78, 5) is 54.5. The highest BCUT2D eigenvalue weighted by molar-refractivity contribution is 6.11. The quantitative estimate of drug-likeness (QED) is 0.343. The number of ketones is 1. The third-order valence-corrected chi connectivity index (χ3v) is 5.96. The van der Waals surface area contributed by atoms with Crippen LogP contribution in [0.3, 0.4) is 0 Å². The number of hydrogen-bond acceptors (Lipinski definition) is 5. The number of aromatic amines is 1. The molecule has 1 aromatic heterocycles. The Balaban J connectivity index is 1.37. The van der Waals surface area contributed by atoms with Crippen LogP contribution in [0.25, 0.3) is 10.9 Å². The van der Waals surface area contributed by atoms with Crippen molar-refractivity contribution in [3.05, 3.63) is 47.7 Å². The molecule has 0 saturated carbocycles. The SMILES string of the molecule is Cc1[nH]c2ccccc2c1C(=O)[C@@H](C)OC(=O)CCN1C(=O)[C@H]2CC=CC[C@H]2C1=O. The van der Waals surface area contributed by atoms with Crippen molar-refractivity contribution in [3.63, 3.8) is 0 Å². The van der Waals surface area contributed by atoms with Crippen molar-refractivity contribution < 1.29 is 23.9 Å². The summed E-state index contributed by atoms with van der Waals surface area (Å²) in [6.45, 7) is 3.32. The van der Waals surface area contributed by atoms with E-state index in [2.05, 4.69) is 4.98 Å². The Hall–Kier alpha value is -3.22. The lowest BCUT2D eigenvalue weighted by atomic mass is 9.85. The number of likely N-dealkylation sites (tertiary alicyclic amines) is 1. The molecule has 0 bridgehead atoms. The first kappa shape index (κ1) is 20.1. The Morgan fingerprint density at radius 1 is 1.13 bits per heavy atom. The van der Waals surface area contributed by atoms with Gasteiger partial charge in [0.2, 0.25) is 17.6 Å². The monoisotopic (exact) mass is 408 g/mol. The summed E-state index contributed by atoms with van der Waals surface area (Å²) in [5.41, 5.74) is 2.07. The molecule has 30 heavy (non-hydrogen) atoms. The smallest absolute Gasteiger partial charge is 0.308 e. The Labute approximate surface area is 174 Å². The molecule has 0 spiro atoms. The van der Waals surface area contributed by atoms with Gasteiger partial charge in [0.1, 0.15) is 0 Å². The number of allylic oxidation sites excluding steroid dienone is 2. The molecule has 2 amide bonds. The number of esters is 1. The van der Waals surface area contributed by atoms with Gasteiger partial charge in [-0.2, -0.15) is 0 Å². The van der Waals surface area contributed by atoms with E-state index < -0.39 is 12.1 Å². The van der Waals surface area contributed by atoms with Crippen molar-refractivity contribution in [2.24, 2.45) is 11.8 Å². The summed E-state index contributed by atoms with van der Waals surface area (Å²) in [5, 5.41) is 0.785. The molecule has 0 radical (unpaired) electrons. The number of fused-ring (bicyclic) bond motifs is 2. The third-order valence-electron chi connectivity index (χ3n) is 5.96. The van der Waals surface area contributed by atoms with Crippen LogP contribution in [0.2, 0.25) is 0 Å². The van der Waals surface area contributed by atoms with Crippen molar-refractivity contribution in [1.82, 2.24) is 9.88 Å². The topological polar surface area (TPSA) is 96.5 Å². The zero-order valence-electron chi connectivity index (χ0n) is 17.0. The highest BCUT2D eigenvalue weighted by Gasteiger charge is 2.47. The largest absolute Gasteiger partial charge is 0.454 e. The van der Waals surface area contributed by atoms with Crippen LogP contribution in [0, 0.1) is 18.8 Å². The van der Waals surface area contributed by atoms with E-state index in [1.165, 1.54) is 11.8 Å². The highest BCUT2D eigenvalue weighted by atomic mass is 16.5. The number of para-hydroxylation sites is 1. The number of carbonyl (C=O) groups is 4. The molecule has 1 saturated heterocycles. The predicted molar refractivity (Wildman–Crippen MR) is 110 cm³/mol. The van der Waals surface area contributed by atoms with Gasteiger partial charge in [0, 0.05) is 28.7 Å². The maximum atomic E-state index is 12.9. The van der Waals surface area contributed by atoms with E-state index in [0.717, 1.165) is 10.9 Å². The average molecular weight is 408 g/mol. The van der Waals surface area contributed by atoms with Gasteiger partial charge in [-0.3, -0.25) is 24.1 Å². The third kappa shape index (κ3) is 3.44. The lowest BCUT2D eigenvalue weighted by molar-refractivity contribution is -0.147. The van der Waals surface area contributed by atoms with E-state index in [4.69, 9.17) is 4.74 Å². The number of amides is 2. The first-order valence-electron chi connectivity index (χ1n) is 10.2. The van der Waals surface area contributed by atoms with Gasteiger partial charge in [-0.15, -0.1) is 0 Å². The first-order valence-corrected chi connectivity index (χ1v) is 10.2. The molecule has 156 valence electrons. The fraction of sp³-hybridized carbons (Fsp3) is 0.391. The summed E-state index contributed by atoms with van der Waals surface area (Å²) in [6.07, 6.45) is 3.87. The van der Waals surface area contributed by atoms with Crippen molar-refractivity contribution in [3.8, 4) is 0 Å². The van der Waals surface area contributed by atoms with Crippen molar-refractivity contribution in [2.45, 2.75) is 39.2 Å². The van der Waals surface area contributed by atoms with Gasteiger partial charge in [0.25, 0.3) is 0 Å². The van der Waals surface area contributed by atoms with Crippen LogP contribution in [0.5, 0.6) is 0 Å². The van der Waals surface area contributed by atoms with E-state index in [1.807, 2.05) is 36.4 Å². The number of H-pyrrole nitrogens is 1. The molecule has 3 atom stereocenters. The van der Waals surface area contributed by atoms with Gasteiger partial charge in [-0.05, 0) is 32.8 Å². The van der Waals surface area contributed by atoms with E-state index in [1.54, 1.807) is 6.92 Å². The second kappa shape index (κ2) is 7.89. The molecule has 4 rings (SSSR count). The minimum atomic E-state index is -0.966. The lowest BCUT2D eigenvalue weighted by Gasteiger charge is -2.16. The minimum Gasteiger partial charge on any atom is -0.454 e. The molecule has 0 unspecified atom stereocenters. The Morgan fingerprint density at radius 3 is 2.43 bits per heavy atom. The van der Waals surface area contributed by atoms with Crippen LogP contribution < -0.4 is 0 Å². The molecule has 7 nitrogen and oxygen atoms in total. The van der Waals surface area contributed by atoms with Crippen LogP contribution in [0.1, 0.15) is 42.2 Å². The number of carbonyl (C=O) groups excluding carboxylic acids is 4. The van der Waals surface area contributed by atoms with Crippen molar-refractivity contribution in [2.75, 3.05) is 6.54 Å². The molecule has 2 aliphatic rings. The number of Topliss-reactive ketones (excluding diaryl/α,β-unsaturated/α-hetero) is 1. The molecule has 1 aliphatic carbocycles. The molecule has 7 heteroatoms. The summed E-state index contributed by atoms with van der Waals surface area (Å²) in [7, 11) is 0. The normalized spacial score (nSPS) is 21.7. The van der Waals surface area contributed by atoms with Crippen molar-refractivity contribution >= 4 is 34.5 Å². The number of aromatic nitrogens is 1. The summed E-state index contributed by atoms with van der Waals surface area (Å²) < 4.78 is 5.32. The zero-order chi connectivity index (χ0) is 21.4. The van der Waals surface area contributed by atoms with Crippen LogP contribution in [0.4, 0.5) is 0 Å². The number of rotatable bonds is 6. The molecule has 1 aliphatic heterocycles. The van der Waals surface area contributed by atoms with Gasteiger partial charge in [0.05, 0.1) is 18.3 Å². The van der Waals surface area contributed by atoms with Crippen molar-refractivity contribution in [1.29, 1.82) is 0 Å². The van der Waals surface area contributed by atoms with E-state index in [9.17, 15) is 19.2 Å². The van der Waals surface area contributed by atoms with Crippen LogP contribution in [-0.2, 0) is 19.1 Å². The molecule has 2 aromatic rings. The van der Waals surface area contributed by atoms with Gasteiger partial charge in [-0.1, -0.05) is 30.4 Å². The summed E-state index contributed by atoms with van der Waals surface area (Å²) in [5.74, 6) is -1.97. The number of hydrogen-bond donors (Lipinski definition) is 1. The maximum absolute atomic E-state index is 12.9. The van der Waals surface area contributed by atoms with Gasteiger partial charge in [-0.25, -0.2) is 0 Å². The minimum absolute atomic E-state index is 0.0173.